The Balaban J connectivity index is 1.39. The Kier molecular flexibility index (Phi) is 6.31. The highest BCUT2D eigenvalue weighted by molar-refractivity contribution is 7.20. The van der Waals surface area contributed by atoms with Crippen molar-refractivity contribution in [1.82, 2.24) is 20.4 Å². The lowest BCUT2D eigenvalue weighted by molar-refractivity contribution is -0.127. The van der Waals surface area contributed by atoms with Gasteiger partial charge in [-0.25, -0.2) is 4.68 Å². The zero-order chi connectivity index (χ0) is 23.5. The molecule has 0 saturated heterocycles. The van der Waals surface area contributed by atoms with Crippen molar-refractivity contribution in [2.45, 2.75) is 19.3 Å². The molecule has 4 aromatic rings. The highest BCUT2D eigenvalue weighted by atomic mass is 32.1. The van der Waals surface area contributed by atoms with Gasteiger partial charge in [0.25, 0.3) is 5.91 Å². The number of aromatic nitrogens is 2. The van der Waals surface area contributed by atoms with E-state index in [0.717, 1.165) is 52.2 Å². The number of thiophene rings is 1. The smallest absolute Gasteiger partial charge is 0.261 e. The minimum absolute atomic E-state index is 0.0921. The zero-order valence-corrected chi connectivity index (χ0v) is 19.7. The fourth-order valence-corrected chi connectivity index (χ4v) is 5.04. The molecule has 0 unspecified atom stereocenters. The van der Waals surface area contributed by atoms with Gasteiger partial charge in [-0.3, -0.25) is 9.59 Å². The highest BCUT2D eigenvalue weighted by Gasteiger charge is 2.24. The lowest BCUT2D eigenvalue weighted by atomic mass is 9.85. The molecule has 2 aromatic heterocycles. The predicted octanol–water partition coefficient (Wildman–Crippen LogP) is 4.41. The van der Waals surface area contributed by atoms with E-state index in [4.69, 9.17) is 9.84 Å². The summed E-state index contributed by atoms with van der Waals surface area (Å²) in [4.78, 5) is 26.4. The van der Waals surface area contributed by atoms with Gasteiger partial charge in [0.05, 0.1) is 17.7 Å². The van der Waals surface area contributed by atoms with Crippen molar-refractivity contribution in [1.29, 1.82) is 0 Å². The number of nitrogens with zero attached hydrogens (tertiary/aromatic N) is 2. The number of rotatable bonds is 8. The molecule has 1 aliphatic rings. The Morgan fingerprint density at radius 2 is 1.79 bits per heavy atom. The molecular weight excluding hydrogens is 448 g/mol. The molecule has 1 fully saturated rings. The number of methoxy groups -OCH3 is 1. The molecule has 1 aliphatic carbocycles. The van der Waals surface area contributed by atoms with Crippen molar-refractivity contribution < 1.29 is 14.3 Å². The molecule has 2 amide bonds. The van der Waals surface area contributed by atoms with Crippen LogP contribution in [-0.4, -0.2) is 41.8 Å². The van der Waals surface area contributed by atoms with Crippen LogP contribution in [0.3, 0.4) is 0 Å². The van der Waals surface area contributed by atoms with Gasteiger partial charge in [0.15, 0.2) is 0 Å². The summed E-state index contributed by atoms with van der Waals surface area (Å²) in [6.45, 7) is 0.822. The van der Waals surface area contributed by atoms with Crippen LogP contribution >= 0.6 is 11.3 Å². The average molecular weight is 475 g/mol. The summed E-state index contributed by atoms with van der Waals surface area (Å²) in [6, 6.07) is 19.5. The monoisotopic (exact) mass is 474 g/mol. The van der Waals surface area contributed by atoms with Crippen LogP contribution in [0.2, 0.25) is 0 Å². The largest absolute Gasteiger partial charge is 0.497 e. The third-order valence-electron chi connectivity index (χ3n) is 6.13. The molecule has 8 heteroatoms. The van der Waals surface area contributed by atoms with Crippen molar-refractivity contribution in [3.05, 3.63) is 65.5 Å². The van der Waals surface area contributed by atoms with Crippen LogP contribution in [0.5, 0.6) is 5.75 Å². The molecule has 7 nitrogen and oxygen atoms in total. The van der Waals surface area contributed by atoms with Crippen LogP contribution in [0, 0.1) is 5.92 Å². The van der Waals surface area contributed by atoms with Gasteiger partial charge in [-0.1, -0.05) is 36.8 Å². The molecule has 174 valence electrons. The highest BCUT2D eigenvalue weighted by Crippen LogP contribution is 2.36. The second-order valence-electron chi connectivity index (χ2n) is 8.33. The number of hydrogen-bond acceptors (Lipinski definition) is 5. The molecule has 0 spiro atoms. The van der Waals surface area contributed by atoms with Gasteiger partial charge in [-0.05, 0) is 43.2 Å². The Hall–Kier alpha value is -3.65. The lowest BCUT2D eigenvalue weighted by Gasteiger charge is -2.23. The Labute approximate surface area is 201 Å². The molecule has 2 N–H and O–H groups in total. The van der Waals surface area contributed by atoms with Crippen LogP contribution in [0.1, 0.15) is 28.9 Å². The van der Waals surface area contributed by atoms with Crippen molar-refractivity contribution in [2.75, 3.05) is 20.2 Å². The van der Waals surface area contributed by atoms with Crippen molar-refractivity contribution in [2.24, 2.45) is 5.92 Å². The normalized spacial score (nSPS) is 13.4. The fraction of sp³-hybridized carbons (Fsp3) is 0.269. The van der Waals surface area contributed by atoms with E-state index in [1.54, 1.807) is 7.11 Å². The first-order valence-corrected chi connectivity index (χ1v) is 12.2. The van der Waals surface area contributed by atoms with E-state index in [-0.39, 0.29) is 17.7 Å². The standard InChI is InChI=1S/C26H26N4O3S/c1-33-20-12-10-19(11-13-20)30-26-21(23(29-30)17-6-3-2-4-7-17)16-22(34-26)25(32)28-15-14-27-24(31)18-8-5-9-18/h2-4,6-7,10-13,16,18H,5,8-9,14-15H2,1H3,(H,27,31)(H,28,32). The first kappa shape index (κ1) is 22.2. The van der Waals surface area contributed by atoms with Crippen LogP contribution < -0.4 is 15.4 Å². The van der Waals surface area contributed by atoms with Gasteiger partial charge in [0.2, 0.25) is 5.91 Å². The van der Waals surface area contributed by atoms with E-state index >= 15 is 0 Å². The molecule has 2 heterocycles. The van der Waals surface area contributed by atoms with Crippen LogP contribution in [0.4, 0.5) is 0 Å². The van der Waals surface area contributed by atoms with E-state index in [1.165, 1.54) is 11.3 Å². The van der Waals surface area contributed by atoms with Crippen molar-refractivity contribution in [3.8, 4) is 22.7 Å². The third kappa shape index (κ3) is 4.41. The molecule has 34 heavy (non-hydrogen) atoms. The summed E-state index contributed by atoms with van der Waals surface area (Å²) in [6.07, 6.45) is 3.06. The lowest BCUT2D eigenvalue weighted by Crippen LogP contribution is -2.39. The summed E-state index contributed by atoms with van der Waals surface area (Å²) in [5.41, 5.74) is 2.71. The van der Waals surface area contributed by atoms with E-state index in [2.05, 4.69) is 10.6 Å². The molecule has 0 atom stereocenters. The number of nitrogens with one attached hydrogen (secondary N) is 2. The van der Waals surface area contributed by atoms with E-state index in [9.17, 15) is 9.59 Å². The number of carbonyl (C=O) groups is 2. The maximum absolute atomic E-state index is 12.9. The Bertz CT molecular complexity index is 1310. The summed E-state index contributed by atoms with van der Waals surface area (Å²) in [5.74, 6) is 0.857. The summed E-state index contributed by atoms with van der Waals surface area (Å²) >= 11 is 1.40. The third-order valence-corrected chi connectivity index (χ3v) is 7.24. The zero-order valence-electron chi connectivity index (χ0n) is 18.9. The number of hydrogen-bond donors (Lipinski definition) is 2. The minimum atomic E-state index is -0.153. The number of ether oxygens (including phenoxy) is 1. The maximum atomic E-state index is 12.9. The SMILES string of the molecule is COc1ccc(-n2nc(-c3ccccc3)c3cc(C(=O)NCCNC(=O)C4CCC4)sc32)cc1. The van der Waals surface area contributed by atoms with E-state index in [0.29, 0.717) is 18.0 Å². The molecule has 0 radical (unpaired) electrons. The van der Waals surface area contributed by atoms with E-state index < -0.39 is 0 Å². The fourth-order valence-electron chi connectivity index (χ4n) is 3.99. The van der Waals surface area contributed by atoms with Gasteiger partial charge in [-0.2, -0.15) is 5.10 Å². The molecule has 1 saturated carbocycles. The molecule has 0 aliphatic heterocycles. The summed E-state index contributed by atoms with van der Waals surface area (Å²) in [7, 11) is 1.64. The second kappa shape index (κ2) is 9.69. The number of amides is 2. The Morgan fingerprint density at radius 1 is 1.06 bits per heavy atom. The maximum Gasteiger partial charge on any atom is 0.261 e. The summed E-state index contributed by atoms with van der Waals surface area (Å²) < 4.78 is 7.15. The van der Waals surface area contributed by atoms with Gasteiger partial charge in [-0.15, -0.1) is 11.3 Å². The number of benzene rings is 2. The van der Waals surface area contributed by atoms with Gasteiger partial charge in [0, 0.05) is 30.0 Å². The second-order valence-corrected chi connectivity index (χ2v) is 9.36. The number of fused-ring (bicyclic) bond motifs is 1. The van der Waals surface area contributed by atoms with Gasteiger partial charge in [0.1, 0.15) is 16.3 Å². The van der Waals surface area contributed by atoms with Crippen molar-refractivity contribution >= 4 is 33.4 Å². The molecule has 2 aromatic carbocycles. The van der Waals surface area contributed by atoms with Crippen LogP contribution in [0.15, 0.2) is 60.7 Å². The van der Waals surface area contributed by atoms with Crippen LogP contribution in [-0.2, 0) is 4.79 Å². The molecular formula is C26H26N4O3S. The Morgan fingerprint density at radius 3 is 2.47 bits per heavy atom. The van der Waals surface area contributed by atoms with Crippen LogP contribution in [0.25, 0.3) is 27.2 Å². The minimum Gasteiger partial charge on any atom is -0.497 e. The average Bonchev–Trinajstić information content (AvgIpc) is 3.41. The van der Waals surface area contributed by atoms with Crippen molar-refractivity contribution in [3.63, 3.8) is 0 Å². The van der Waals surface area contributed by atoms with Gasteiger partial charge < -0.3 is 15.4 Å². The first-order valence-electron chi connectivity index (χ1n) is 11.4. The van der Waals surface area contributed by atoms with E-state index in [1.807, 2.05) is 65.3 Å². The topological polar surface area (TPSA) is 85.2 Å². The first-order chi connectivity index (χ1) is 16.6. The van der Waals surface area contributed by atoms with Gasteiger partial charge >= 0.3 is 0 Å². The number of carbonyl (C=O) groups excluding carboxylic acids is 2. The quantitative estimate of drug-likeness (QED) is 0.371. The summed E-state index contributed by atoms with van der Waals surface area (Å²) in [5, 5.41) is 11.6. The molecule has 5 rings (SSSR count). The predicted molar refractivity (Wildman–Crippen MR) is 134 cm³/mol. The molecule has 0 bridgehead atoms.